The molecule has 0 saturated heterocycles. The zero-order valence-electron chi connectivity index (χ0n) is 22.4. The molecule has 0 aliphatic heterocycles. The molecular formula is C29H35N3O5S. The molecule has 0 heterocycles. The number of sulfonamides is 1. The number of benzene rings is 3. The quantitative estimate of drug-likeness (QED) is 0.397. The van der Waals surface area contributed by atoms with Crippen LogP contribution >= 0.6 is 0 Å². The van der Waals surface area contributed by atoms with Crippen molar-refractivity contribution in [1.82, 2.24) is 10.2 Å². The molecule has 0 aromatic heterocycles. The fourth-order valence-electron chi connectivity index (χ4n) is 4.03. The highest BCUT2D eigenvalue weighted by molar-refractivity contribution is 7.92. The van der Waals surface area contributed by atoms with Gasteiger partial charge in [-0.25, -0.2) is 8.42 Å². The first kappa shape index (κ1) is 28.7. The molecule has 9 heteroatoms. The number of rotatable bonds is 11. The predicted octanol–water partition coefficient (Wildman–Crippen LogP) is 4.14. The molecule has 0 spiro atoms. The van der Waals surface area contributed by atoms with E-state index in [1.165, 1.54) is 24.1 Å². The predicted molar refractivity (Wildman–Crippen MR) is 148 cm³/mol. The summed E-state index contributed by atoms with van der Waals surface area (Å²) in [6.07, 6.45) is 0. The van der Waals surface area contributed by atoms with Crippen LogP contribution in [0.15, 0.2) is 83.8 Å². The molecule has 0 bridgehead atoms. The number of nitrogens with one attached hydrogen (secondary N) is 1. The van der Waals surface area contributed by atoms with Crippen molar-refractivity contribution in [2.45, 2.75) is 51.2 Å². The Morgan fingerprint density at radius 1 is 0.895 bits per heavy atom. The first-order chi connectivity index (χ1) is 18.1. The lowest BCUT2D eigenvalue weighted by Gasteiger charge is -2.33. The van der Waals surface area contributed by atoms with Crippen molar-refractivity contribution in [2.75, 3.05) is 18.0 Å². The third kappa shape index (κ3) is 6.72. The van der Waals surface area contributed by atoms with E-state index in [2.05, 4.69) is 5.32 Å². The molecule has 0 saturated carbocycles. The van der Waals surface area contributed by atoms with Crippen LogP contribution in [0.1, 0.15) is 31.9 Å². The highest BCUT2D eigenvalue weighted by atomic mass is 32.2. The molecule has 2 amide bonds. The third-order valence-corrected chi connectivity index (χ3v) is 7.94. The lowest BCUT2D eigenvalue weighted by atomic mass is 10.1. The fraction of sp³-hybridized carbons (Fsp3) is 0.310. The Labute approximate surface area is 225 Å². The minimum absolute atomic E-state index is 0.0368. The van der Waals surface area contributed by atoms with Gasteiger partial charge in [0.15, 0.2) is 0 Å². The number of hydrogen-bond donors (Lipinski definition) is 1. The van der Waals surface area contributed by atoms with Gasteiger partial charge in [0.25, 0.3) is 10.0 Å². The Balaban J connectivity index is 2.07. The Kier molecular flexibility index (Phi) is 9.52. The summed E-state index contributed by atoms with van der Waals surface area (Å²) in [4.78, 5) is 28.4. The monoisotopic (exact) mass is 537 g/mol. The number of nitrogens with zero attached hydrogens (tertiary/aromatic N) is 2. The van der Waals surface area contributed by atoms with Crippen molar-refractivity contribution in [1.29, 1.82) is 0 Å². The second-order valence-corrected chi connectivity index (χ2v) is 11.1. The van der Waals surface area contributed by atoms with E-state index in [0.717, 1.165) is 15.4 Å². The zero-order valence-corrected chi connectivity index (χ0v) is 23.2. The van der Waals surface area contributed by atoms with E-state index in [9.17, 15) is 18.0 Å². The van der Waals surface area contributed by atoms with E-state index in [1.807, 2.05) is 45.0 Å². The van der Waals surface area contributed by atoms with Gasteiger partial charge in [-0.15, -0.1) is 0 Å². The maximum atomic E-state index is 14.0. The van der Waals surface area contributed by atoms with Gasteiger partial charge in [0.05, 0.1) is 17.7 Å². The summed E-state index contributed by atoms with van der Waals surface area (Å²) in [5.41, 5.74) is 2.04. The molecule has 1 N–H and O–H groups in total. The lowest BCUT2D eigenvalue weighted by molar-refractivity contribution is -0.139. The van der Waals surface area contributed by atoms with Gasteiger partial charge in [0, 0.05) is 12.6 Å². The van der Waals surface area contributed by atoms with E-state index in [0.29, 0.717) is 5.75 Å². The average molecular weight is 538 g/mol. The first-order valence-electron chi connectivity index (χ1n) is 12.4. The van der Waals surface area contributed by atoms with E-state index >= 15 is 0 Å². The Morgan fingerprint density at radius 3 is 2.13 bits per heavy atom. The number of hydrogen-bond acceptors (Lipinski definition) is 5. The minimum atomic E-state index is -4.16. The van der Waals surface area contributed by atoms with Gasteiger partial charge in [-0.3, -0.25) is 13.9 Å². The van der Waals surface area contributed by atoms with Gasteiger partial charge in [-0.1, -0.05) is 54.6 Å². The topological polar surface area (TPSA) is 96.0 Å². The Bertz CT molecular complexity index is 1360. The number of amides is 2. The molecule has 1 atom stereocenters. The highest BCUT2D eigenvalue weighted by Crippen LogP contribution is 2.32. The van der Waals surface area contributed by atoms with Gasteiger partial charge >= 0.3 is 0 Å². The third-order valence-electron chi connectivity index (χ3n) is 6.16. The molecule has 38 heavy (non-hydrogen) atoms. The average Bonchev–Trinajstić information content (AvgIpc) is 2.90. The maximum absolute atomic E-state index is 14.0. The summed E-state index contributed by atoms with van der Waals surface area (Å²) >= 11 is 0. The van der Waals surface area contributed by atoms with Crippen molar-refractivity contribution in [2.24, 2.45) is 0 Å². The minimum Gasteiger partial charge on any atom is -0.495 e. The number of anilines is 1. The van der Waals surface area contributed by atoms with Crippen LogP contribution in [0.3, 0.4) is 0 Å². The van der Waals surface area contributed by atoms with Gasteiger partial charge in [-0.05, 0) is 63.1 Å². The molecule has 3 aromatic rings. The molecule has 0 fully saturated rings. The van der Waals surface area contributed by atoms with Crippen LogP contribution in [0.2, 0.25) is 0 Å². The zero-order chi connectivity index (χ0) is 27.9. The largest absolute Gasteiger partial charge is 0.495 e. The van der Waals surface area contributed by atoms with Crippen molar-refractivity contribution < 1.29 is 22.7 Å². The summed E-state index contributed by atoms with van der Waals surface area (Å²) in [6.45, 7) is 6.87. The lowest BCUT2D eigenvalue weighted by Crippen LogP contribution is -2.52. The number of aryl methyl sites for hydroxylation is 1. The Morgan fingerprint density at radius 2 is 1.50 bits per heavy atom. The number of methoxy groups -OCH3 is 1. The molecular weight excluding hydrogens is 502 g/mol. The van der Waals surface area contributed by atoms with Gasteiger partial charge < -0.3 is 15.0 Å². The molecule has 0 radical (unpaired) electrons. The smallest absolute Gasteiger partial charge is 0.264 e. The molecule has 202 valence electrons. The SMILES string of the molecule is COc1ccccc1N(CC(=O)N(Cc1ccccc1C)[C@H](C)C(=O)NC(C)C)S(=O)(=O)c1ccccc1. The van der Waals surface area contributed by atoms with Gasteiger partial charge in [0.2, 0.25) is 11.8 Å². The Hall–Kier alpha value is -3.85. The summed E-state index contributed by atoms with van der Waals surface area (Å²) in [7, 11) is -2.71. The second-order valence-electron chi connectivity index (χ2n) is 9.28. The normalized spacial score (nSPS) is 12.1. The van der Waals surface area contributed by atoms with Crippen molar-refractivity contribution in [3.05, 3.63) is 90.0 Å². The number of ether oxygens (including phenoxy) is 1. The fourth-order valence-corrected chi connectivity index (χ4v) is 5.47. The van der Waals surface area contributed by atoms with Crippen molar-refractivity contribution in [3.63, 3.8) is 0 Å². The van der Waals surface area contributed by atoms with E-state index < -0.39 is 28.5 Å². The van der Waals surface area contributed by atoms with Gasteiger partial charge in [0.1, 0.15) is 18.3 Å². The summed E-state index contributed by atoms with van der Waals surface area (Å²) < 4.78 is 34.2. The van der Waals surface area contributed by atoms with Crippen molar-refractivity contribution in [3.8, 4) is 5.75 Å². The maximum Gasteiger partial charge on any atom is 0.264 e. The van der Waals surface area contributed by atoms with Gasteiger partial charge in [-0.2, -0.15) is 0 Å². The molecule has 3 aromatic carbocycles. The van der Waals surface area contributed by atoms with Crippen LogP contribution < -0.4 is 14.4 Å². The number of para-hydroxylation sites is 2. The molecule has 0 aliphatic carbocycles. The highest BCUT2D eigenvalue weighted by Gasteiger charge is 2.33. The van der Waals surface area contributed by atoms with E-state index in [4.69, 9.17) is 4.74 Å². The van der Waals surface area contributed by atoms with Crippen molar-refractivity contribution >= 4 is 27.5 Å². The second kappa shape index (κ2) is 12.6. The van der Waals surface area contributed by atoms with Crippen LogP contribution in [-0.2, 0) is 26.2 Å². The molecule has 0 unspecified atom stereocenters. The number of carbonyl (C=O) groups is 2. The summed E-state index contributed by atoms with van der Waals surface area (Å²) in [5.74, 6) is -0.544. The van der Waals surface area contributed by atoms with Crippen LogP contribution in [0.25, 0.3) is 0 Å². The first-order valence-corrected chi connectivity index (χ1v) is 13.9. The van der Waals surface area contributed by atoms with Crippen LogP contribution in [0.5, 0.6) is 5.75 Å². The molecule has 3 rings (SSSR count). The summed E-state index contributed by atoms with van der Waals surface area (Å²) in [6, 6.07) is 21.2. The van der Waals surface area contributed by atoms with Crippen LogP contribution in [0.4, 0.5) is 5.69 Å². The number of carbonyl (C=O) groups excluding carboxylic acids is 2. The molecule has 8 nitrogen and oxygen atoms in total. The summed E-state index contributed by atoms with van der Waals surface area (Å²) in [5, 5.41) is 2.85. The standard InChI is InChI=1S/C29H35N3O5S/c1-21(2)30-29(34)23(4)31(19-24-14-10-9-13-22(24)3)28(33)20-32(26-17-11-12-18-27(26)37-5)38(35,36)25-15-7-6-8-16-25/h6-18,21,23H,19-20H2,1-5H3,(H,30,34)/t23-/m1/s1. The van der Waals surface area contributed by atoms with Crippen LogP contribution in [0, 0.1) is 6.92 Å². The van der Waals surface area contributed by atoms with E-state index in [1.54, 1.807) is 49.4 Å². The molecule has 0 aliphatic rings. The van der Waals surface area contributed by atoms with E-state index in [-0.39, 0.29) is 29.1 Å². The van der Waals surface area contributed by atoms with Crippen LogP contribution in [-0.4, -0.2) is 50.9 Å².